The number of furan rings is 1. The molecule has 1 atom stereocenters. The molecule has 0 fully saturated rings. The van der Waals surface area contributed by atoms with Crippen molar-refractivity contribution in [2.45, 2.75) is 38.0 Å². The zero-order valence-electron chi connectivity index (χ0n) is 10.3. The van der Waals surface area contributed by atoms with Gasteiger partial charge in [-0.1, -0.05) is 0 Å². The molecule has 2 N–H and O–H groups in total. The molecule has 1 aromatic rings. The van der Waals surface area contributed by atoms with E-state index < -0.39 is 20.9 Å². The van der Waals surface area contributed by atoms with Gasteiger partial charge in [-0.15, -0.1) is 0 Å². The second-order valence-electron chi connectivity index (χ2n) is 4.67. The highest BCUT2D eigenvalue weighted by Gasteiger charge is 2.26. The van der Waals surface area contributed by atoms with E-state index in [2.05, 4.69) is 4.72 Å². The van der Waals surface area contributed by atoms with Crippen molar-refractivity contribution in [2.75, 3.05) is 6.54 Å². The Hall–Kier alpha value is -0.850. The molecule has 0 bridgehead atoms. The third kappa shape index (κ3) is 4.49. The minimum absolute atomic E-state index is 0.0335. The summed E-state index contributed by atoms with van der Waals surface area (Å²) in [6.45, 7) is 4.71. The molecule has 0 aromatic carbocycles. The van der Waals surface area contributed by atoms with Crippen molar-refractivity contribution < 1.29 is 17.9 Å². The van der Waals surface area contributed by atoms with E-state index in [1.807, 2.05) is 0 Å². The molecule has 1 rings (SSSR count). The molecule has 0 aliphatic heterocycles. The SMILES string of the molecule is CC(C)S(=O)(=O)NCC(C)(O)Cc1ccco1. The zero-order chi connectivity index (χ0) is 13.1. The van der Waals surface area contributed by atoms with Gasteiger partial charge in [0.2, 0.25) is 10.0 Å². The van der Waals surface area contributed by atoms with Gasteiger partial charge in [0.05, 0.1) is 17.1 Å². The van der Waals surface area contributed by atoms with Crippen molar-refractivity contribution in [1.82, 2.24) is 4.72 Å². The molecule has 0 amide bonds. The molecule has 0 aliphatic carbocycles. The Bertz CT molecular complexity index is 434. The maximum absolute atomic E-state index is 11.5. The van der Waals surface area contributed by atoms with Gasteiger partial charge in [-0.3, -0.25) is 0 Å². The topological polar surface area (TPSA) is 79.5 Å². The van der Waals surface area contributed by atoms with Crippen LogP contribution in [0.5, 0.6) is 0 Å². The minimum Gasteiger partial charge on any atom is -0.469 e. The van der Waals surface area contributed by atoms with Gasteiger partial charge in [0.25, 0.3) is 0 Å². The first-order valence-electron chi connectivity index (χ1n) is 5.46. The molecule has 0 saturated heterocycles. The molecule has 1 heterocycles. The van der Waals surface area contributed by atoms with Crippen molar-refractivity contribution in [1.29, 1.82) is 0 Å². The predicted octanol–water partition coefficient (Wildman–Crippen LogP) is 0.901. The summed E-state index contributed by atoms with van der Waals surface area (Å²) < 4.78 is 30.6. The summed E-state index contributed by atoms with van der Waals surface area (Å²) in [6, 6.07) is 3.47. The van der Waals surface area contributed by atoms with Crippen LogP contribution in [0.4, 0.5) is 0 Å². The Balaban J connectivity index is 2.56. The number of nitrogens with one attached hydrogen (secondary N) is 1. The van der Waals surface area contributed by atoms with Crippen LogP contribution in [0.1, 0.15) is 26.5 Å². The molecule has 0 radical (unpaired) electrons. The average molecular weight is 261 g/mol. The lowest BCUT2D eigenvalue weighted by Gasteiger charge is -2.23. The summed E-state index contributed by atoms with van der Waals surface area (Å²) >= 11 is 0. The highest BCUT2D eigenvalue weighted by Crippen LogP contribution is 2.13. The van der Waals surface area contributed by atoms with Crippen LogP contribution in [-0.4, -0.2) is 30.9 Å². The first-order chi connectivity index (χ1) is 7.73. The van der Waals surface area contributed by atoms with Crippen molar-refractivity contribution >= 4 is 10.0 Å². The van der Waals surface area contributed by atoms with Crippen LogP contribution in [0.3, 0.4) is 0 Å². The van der Waals surface area contributed by atoms with Crippen LogP contribution >= 0.6 is 0 Å². The van der Waals surface area contributed by atoms with Gasteiger partial charge >= 0.3 is 0 Å². The Morgan fingerprint density at radius 1 is 1.53 bits per heavy atom. The van der Waals surface area contributed by atoms with Gasteiger partial charge in [0, 0.05) is 13.0 Å². The van der Waals surface area contributed by atoms with Crippen LogP contribution in [-0.2, 0) is 16.4 Å². The lowest BCUT2D eigenvalue weighted by atomic mass is 10.0. The summed E-state index contributed by atoms with van der Waals surface area (Å²) in [4.78, 5) is 0. The molecule has 1 aromatic heterocycles. The number of aliphatic hydroxyl groups is 1. The van der Waals surface area contributed by atoms with Crippen molar-refractivity contribution in [3.63, 3.8) is 0 Å². The van der Waals surface area contributed by atoms with Gasteiger partial charge in [-0.25, -0.2) is 13.1 Å². The fourth-order valence-electron chi connectivity index (χ4n) is 1.27. The summed E-state index contributed by atoms with van der Waals surface area (Å²) in [7, 11) is -3.35. The Morgan fingerprint density at radius 3 is 2.65 bits per heavy atom. The highest BCUT2D eigenvalue weighted by molar-refractivity contribution is 7.90. The Labute approximate surface area is 102 Å². The summed E-state index contributed by atoms with van der Waals surface area (Å²) in [5, 5.41) is 9.53. The standard InChI is InChI=1S/C11H19NO4S/c1-9(2)17(14,15)12-8-11(3,13)7-10-5-4-6-16-10/h4-6,9,12-13H,7-8H2,1-3H3. The van der Waals surface area contributed by atoms with Gasteiger partial charge in [-0.2, -0.15) is 0 Å². The van der Waals surface area contributed by atoms with E-state index in [4.69, 9.17) is 4.42 Å². The fraction of sp³-hybridized carbons (Fsp3) is 0.636. The van der Waals surface area contributed by atoms with E-state index in [-0.39, 0.29) is 13.0 Å². The van der Waals surface area contributed by atoms with Gasteiger partial charge < -0.3 is 9.52 Å². The lowest BCUT2D eigenvalue weighted by molar-refractivity contribution is 0.0603. The van der Waals surface area contributed by atoms with Crippen molar-refractivity contribution in [2.24, 2.45) is 0 Å². The van der Waals surface area contributed by atoms with Crippen LogP contribution in [0.2, 0.25) is 0 Å². The second-order valence-corrected chi connectivity index (χ2v) is 6.99. The quantitative estimate of drug-likeness (QED) is 0.797. The van der Waals surface area contributed by atoms with Gasteiger partial charge in [-0.05, 0) is 32.9 Å². The summed E-state index contributed by atoms with van der Waals surface area (Å²) in [5.74, 6) is 0.624. The van der Waals surface area contributed by atoms with Crippen LogP contribution < -0.4 is 4.72 Å². The van der Waals surface area contributed by atoms with E-state index in [9.17, 15) is 13.5 Å². The first kappa shape index (κ1) is 14.2. The Morgan fingerprint density at radius 2 is 2.18 bits per heavy atom. The minimum atomic E-state index is -3.35. The third-order valence-corrected chi connectivity index (χ3v) is 4.20. The Kier molecular flexibility index (Phi) is 4.35. The molecule has 0 saturated carbocycles. The maximum Gasteiger partial charge on any atom is 0.214 e. The average Bonchev–Trinajstić information content (AvgIpc) is 2.67. The third-order valence-electron chi connectivity index (χ3n) is 2.41. The van der Waals surface area contributed by atoms with Gasteiger partial charge in [0.15, 0.2) is 0 Å². The fourth-order valence-corrected chi connectivity index (χ4v) is 2.12. The number of hydrogen-bond acceptors (Lipinski definition) is 4. The van der Waals surface area contributed by atoms with Crippen LogP contribution in [0.25, 0.3) is 0 Å². The monoisotopic (exact) mass is 261 g/mol. The molecule has 0 aliphatic rings. The largest absolute Gasteiger partial charge is 0.469 e. The molecular weight excluding hydrogens is 242 g/mol. The summed E-state index contributed by atoms with van der Waals surface area (Å²) in [5.41, 5.74) is -1.17. The lowest BCUT2D eigenvalue weighted by Crippen LogP contribution is -2.44. The van der Waals surface area contributed by atoms with Crippen molar-refractivity contribution in [3.05, 3.63) is 24.2 Å². The molecule has 6 heteroatoms. The molecule has 1 unspecified atom stereocenters. The van der Waals surface area contributed by atoms with Crippen LogP contribution in [0, 0.1) is 0 Å². The molecular formula is C11H19NO4S. The number of rotatable bonds is 6. The first-order valence-corrected chi connectivity index (χ1v) is 7.01. The van der Waals surface area contributed by atoms with E-state index in [1.165, 1.54) is 6.26 Å². The normalized spacial score (nSPS) is 16.1. The smallest absolute Gasteiger partial charge is 0.214 e. The molecule has 5 nitrogen and oxygen atoms in total. The molecule has 98 valence electrons. The van der Waals surface area contributed by atoms with E-state index >= 15 is 0 Å². The second kappa shape index (κ2) is 5.20. The predicted molar refractivity (Wildman–Crippen MR) is 65.1 cm³/mol. The van der Waals surface area contributed by atoms with E-state index in [0.717, 1.165) is 0 Å². The van der Waals surface area contributed by atoms with Gasteiger partial charge in [0.1, 0.15) is 5.76 Å². The van der Waals surface area contributed by atoms with Crippen LogP contribution in [0.15, 0.2) is 22.8 Å². The van der Waals surface area contributed by atoms with Crippen molar-refractivity contribution in [3.8, 4) is 0 Å². The highest BCUT2D eigenvalue weighted by atomic mass is 32.2. The molecule has 0 spiro atoms. The van der Waals surface area contributed by atoms with E-state index in [0.29, 0.717) is 5.76 Å². The molecule has 17 heavy (non-hydrogen) atoms. The number of hydrogen-bond donors (Lipinski definition) is 2. The maximum atomic E-state index is 11.5. The number of sulfonamides is 1. The summed E-state index contributed by atoms with van der Waals surface area (Å²) in [6.07, 6.45) is 1.78. The van der Waals surface area contributed by atoms with E-state index in [1.54, 1.807) is 32.9 Å². The zero-order valence-corrected chi connectivity index (χ0v) is 11.1.